The van der Waals surface area contributed by atoms with Gasteiger partial charge < -0.3 is 10.0 Å². The molecule has 0 unspecified atom stereocenters. The molecule has 1 aliphatic carbocycles. The fourth-order valence-electron chi connectivity index (χ4n) is 2.47. The second-order valence-corrected chi connectivity index (χ2v) is 5.94. The van der Waals surface area contributed by atoms with Crippen LogP contribution < -0.4 is 4.90 Å². The standard InChI is InChI=1S/C21H19NO2/c1-22(19-12-13-19)20-4-2-3-18(15-20)10-9-16-5-7-17(8-6-16)11-14-21(23)24/h2-8,11,14-15,19H,12-13H2,1H3,(H,23,24)/b14-11+. The molecule has 3 rings (SSSR count). The summed E-state index contributed by atoms with van der Waals surface area (Å²) in [7, 11) is 2.13. The lowest BCUT2D eigenvalue weighted by Crippen LogP contribution is -2.19. The quantitative estimate of drug-likeness (QED) is 0.689. The molecule has 3 nitrogen and oxygen atoms in total. The zero-order chi connectivity index (χ0) is 16.9. The van der Waals surface area contributed by atoms with Gasteiger partial charge >= 0.3 is 5.97 Å². The zero-order valence-corrected chi connectivity index (χ0v) is 13.6. The second-order valence-electron chi connectivity index (χ2n) is 5.94. The molecule has 0 aliphatic heterocycles. The molecule has 1 fully saturated rings. The third kappa shape index (κ3) is 4.27. The number of carboxylic acids is 1. The van der Waals surface area contributed by atoms with E-state index in [9.17, 15) is 4.79 Å². The van der Waals surface area contributed by atoms with Crippen molar-refractivity contribution in [1.82, 2.24) is 0 Å². The number of aliphatic carboxylic acids is 1. The molecule has 0 heterocycles. The average Bonchev–Trinajstić information content (AvgIpc) is 3.44. The Morgan fingerprint density at radius 3 is 2.50 bits per heavy atom. The number of hydrogen-bond donors (Lipinski definition) is 1. The first-order valence-corrected chi connectivity index (χ1v) is 7.98. The second kappa shape index (κ2) is 7.06. The van der Waals surface area contributed by atoms with Crippen LogP contribution in [0.5, 0.6) is 0 Å². The van der Waals surface area contributed by atoms with Gasteiger partial charge in [0.1, 0.15) is 0 Å². The monoisotopic (exact) mass is 317 g/mol. The van der Waals surface area contributed by atoms with Gasteiger partial charge in [0.25, 0.3) is 0 Å². The van der Waals surface area contributed by atoms with Crippen LogP contribution in [0.25, 0.3) is 6.08 Å². The third-order valence-corrected chi connectivity index (χ3v) is 4.03. The van der Waals surface area contributed by atoms with Crippen molar-refractivity contribution in [3.8, 4) is 11.8 Å². The maximum atomic E-state index is 10.5. The summed E-state index contributed by atoms with van der Waals surface area (Å²) in [6.07, 6.45) is 5.24. The van der Waals surface area contributed by atoms with E-state index in [-0.39, 0.29) is 0 Å². The van der Waals surface area contributed by atoms with Crippen molar-refractivity contribution >= 4 is 17.7 Å². The maximum absolute atomic E-state index is 10.5. The van der Waals surface area contributed by atoms with Crippen LogP contribution in [-0.4, -0.2) is 24.2 Å². The van der Waals surface area contributed by atoms with E-state index in [1.54, 1.807) is 6.08 Å². The highest BCUT2D eigenvalue weighted by atomic mass is 16.4. The van der Waals surface area contributed by atoms with Crippen LogP contribution in [0.3, 0.4) is 0 Å². The highest BCUT2D eigenvalue weighted by Crippen LogP contribution is 2.30. The minimum atomic E-state index is -0.949. The Morgan fingerprint density at radius 2 is 1.83 bits per heavy atom. The normalized spacial score (nSPS) is 13.4. The molecule has 2 aromatic rings. The van der Waals surface area contributed by atoms with Gasteiger partial charge in [-0.2, -0.15) is 0 Å². The summed E-state index contributed by atoms with van der Waals surface area (Å²) < 4.78 is 0. The summed E-state index contributed by atoms with van der Waals surface area (Å²) in [5.74, 6) is 5.40. The van der Waals surface area contributed by atoms with Gasteiger partial charge in [0, 0.05) is 36.0 Å². The smallest absolute Gasteiger partial charge is 0.328 e. The molecule has 1 N–H and O–H groups in total. The maximum Gasteiger partial charge on any atom is 0.328 e. The number of nitrogens with zero attached hydrogens (tertiary/aromatic N) is 1. The summed E-state index contributed by atoms with van der Waals surface area (Å²) in [5.41, 5.74) is 3.95. The Kier molecular flexibility index (Phi) is 4.67. The van der Waals surface area contributed by atoms with Crippen molar-refractivity contribution in [2.24, 2.45) is 0 Å². The summed E-state index contributed by atoms with van der Waals surface area (Å²) in [6, 6.07) is 16.5. The molecule has 0 spiro atoms. The number of hydrogen-bond acceptors (Lipinski definition) is 2. The van der Waals surface area contributed by atoms with Crippen LogP contribution in [0.2, 0.25) is 0 Å². The molecule has 24 heavy (non-hydrogen) atoms. The van der Waals surface area contributed by atoms with Gasteiger partial charge in [-0.05, 0) is 54.8 Å². The van der Waals surface area contributed by atoms with Crippen LogP contribution in [-0.2, 0) is 4.79 Å². The lowest BCUT2D eigenvalue weighted by atomic mass is 10.1. The van der Waals surface area contributed by atoms with Gasteiger partial charge in [-0.3, -0.25) is 0 Å². The Labute approximate surface area is 142 Å². The summed E-state index contributed by atoms with van der Waals surface area (Å²) >= 11 is 0. The van der Waals surface area contributed by atoms with Crippen LogP contribution in [0.1, 0.15) is 29.5 Å². The van der Waals surface area contributed by atoms with Crippen molar-refractivity contribution < 1.29 is 9.90 Å². The third-order valence-electron chi connectivity index (χ3n) is 4.03. The molecule has 3 heteroatoms. The predicted octanol–water partition coefficient (Wildman–Crippen LogP) is 3.78. The van der Waals surface area contributed by atoms with E-state index in [2.05, 4.69) is 35.9 Å². The van der Waals surface area contributed by atoms with Crippen molar-refractivity contribution in [3.63, 3.8) is 0 Å². The summed E-state index contributed by atoms with van der Waals surface area (Å²) in [6.45, 7) is 0. The topological polar surface area (TPSA) is 40.5 Å². The zero-order valence-electron chi connectivity index (χ0n) is 13.6. The van der Waals surface area contributed by atoms with Crippen molar-refractivity contribution in [3.05, 3.63) is 71.3 Å². The first-order chi connectivity index (χ1) is 11.6. The molecule has 0 bridgehead atoms. The number of anilines is 1. The van der Waals surface area contributed by atoms with Crippen LogP contribution in [0, 0.1) is 11.8 Å². The Balaban J connectivity index is 1.72. The predicted molar refractivity (Wildman–Crippen MR) is 97.0 cm³/mol. The fraction of sp³-hybridized carbons (Fsp3) is 0.190. The number of carbonyl (C=O) groups is 1. The average molecular weight is 317 g/mol. The van der Waals surface area contributed by atoms with Crippen molar-refractivity contribution in [2.45, 2.75) is 18.9 Å². The number of rotatable bonds is 4. The highest BCUT2D eigenvalue weighted by Gasteiger charge is 2.26. The molecule has 2 aromatic carbocycles. The molecule has 1 aliphatic rings. The first-order valence-electron chi connectivity index (χ1n) is 7.98. The van der Waals surface area contributed by atoms with Gasteiger partial charge in [-0.25, -0.2) is 4.79 Å². The van der Waals surface area contributed by atoms with E-state index < -0.39 is 5.97 Å². The van der Waals surface area contributed by atoms with Gasteiger partial charge in [-0.1, -0.05) is 30.0 Å². The van der Waals surface area contributed by atoms with E-state index in [1.807, 2.05) is 36.4 Å². The fourth-order valence-corrected chi connectivity index (χ4v) is 2.47. The highest BCUT2D eigenvalue weighted by molar-refractivity contribution is 5.85. The van der Waals surface area contributed by atoms with E-state index in [0.717, 1.165) is 22.8 Å². The first kappa shape index (κ1) is 15.9. The lowest BCUT2D eigenvalue weighted by Gasteiger charge is -2.18. The molecule has 0 radical (unpaired) electrons. The molecule has 1 saturated carbocycles. The van der Waals surface area contributed by atoms with Gasteiger partial charge in [0.15, 0.2) is 0 Å². The lowest BCUT2D eigenvalue weighted by molar-refractivity contribution is -0.131. The SMILES string of the molecule is CN(c1cccc(C#Cc2ccc(/C=C/C(=O)O)cc2)c1)C1CC1. The van der Waals surface area contributed by atoms with E-state index in [0.29, 0.717) is 6.04 Å². The molecule has 0 atom stereocenters. The molecular formula is C21H19NO2. The largest absolute Gasteiger partial charge is 0.478 e. The minimum absolute atomic E-state index is 0.680. The van der Waals surface area contributed by atoms with Crippen LogP contribution in [0.15, 0.2) is 54.6 Å². The van der Waals surface area contributed by atoms with Crippen LogP contribution >= 0.6 is 0 Å². The Bertz CT molecular complexity index is 821. The van der Waals surface area contributed by atoms with Crippen LogP contribution in [0.4, 0.5) is 5.69 Å². The molecule has 120 valence electrons. The van der Waals surface area contributed by atoms with Gasteiger partial charge in [-0.15, -0.1) is 0 Å². The van der Waals surface area contributed by atoms with Gasteiger partial charge in [0.05, 0.1) is 0 Å². The number of benzene rings is 2. The summed E-state index contributed by atoms with van der Waals surface area (Å²) in [4.78, 5) is 12.8. The Morgan fingerprint density at radius 1 is 1.12 bits per heavy atom. The van der Waals surface area contributed by atoms with Crippen molar-refractivity contribution in [2.75, 3.05) is 11.9 Å². The minimum Gasteiger partial charge on any atom is -0.478 e. The molecule has 0 amide bonds. The van der Waals surface area contributed by atoms with E-state index >= 15 is 0 Å². The van der Waals surface area contributed by atoms with E-state index in [4.69, 9.17) is 5.11 Å². The molecular weight excluding hydrogens is 298 g/mol. The summed E-state index contributed by atoms with van der Waals surface area (Å²) in [5, 5.41) is 8.63. The molecule has 0 saturated heterocycles. The molecule has 0 aromatic heterocycles. The Hall–Kier alpha value is -2.99. The number of carboxylic acid groups (broad SMARTS) is 1. The van der Waals surface area contributed by atoms with Crippen molar-refractivity contribution in [1.29, 1.82) is 0 Å². The van der Waals surface area contributed by atoms with Gasteiger partial charge in [0.2, 0.25) is 0 Å². The van der Waals surface area contributed by atoms with E-state index in [1.165, 1.54) is 18.5 Å².